The van der Waals surface area contributed by atoms with Gasteiger partial charge in [0, 0.05) is 6.04 Å². The number of nitrogens with one attached hydrogen (secondary N) is 2. The van der Waals surface area contributed by atoms with Crippen LogP contribution < -0.4 is 10.6 Å². The summed E-state index contributed by atoms with van der Waals surface area (Å²) in [6.45, 7) is 2.71. The lowest BCUT2D eigenvalue weighted by atomic mass is 10.2. The van der Waals surface area contributed by atoms with Crippen molar-refractivity contribution in [3.63, 3.8) is 0 Å². The molecule has 0 bridgehead atoms. The molecular weight excluding hydrogens is 156 g/mol. The van der Waals surface area contributed by atoms with Crippen molar-refractivity contribution in [2.24, 2.45) is 0 Å². The van der Waals surface area contributed by atoms with Crippen molar-refractivity contribution in [2.75, 3.05) is 13.2 Å². The van der Waals surface area contributed by atoms with Crippen LogP contribution in [0.25, 0.3) is 0 Å². The number of aliphatic hydroxyl groups is 1. The number of carbonyl (C=O) groups is 1. The molecule has 1 fully saturated rings. The minimum atomic E-state index is -0.139. The largest absolute Gasteiger partial charge is 0.394 e. The van der Waals surface area contributed by atoms with Crippen LogP contribution in [0, 0.1) is 0 Å². The number of carbonyl (C=O) groups excluding carboxylic acids is 1. The van der Waals surface area contributed by atoms with Crippen molar-refractivity contribution in [1.82, 2.24) is 10.6 Å². The van der Waals surface area contributed by atoms with Crippen LogP contribution in [0.1, 0.15) is 19.8 Å². The zero-order valence-electron chi connectivity index (χ0n) is 7.34. The standard InChI is InChI=1S/C8H16N2O2/c1-6(5-11)10-8(12)7-3-2-4-9-7/h6-7,9,11H,2-5H2,1H3,(H,10,12)/t6?,7-/m1/s1. The zero-order valence-corrected chi connectivity index (χ0v) is 7.34. The number of amides is 1. The Morgan fingerprint density at radius 2 is 2.58 bits per heavy atom. The molecule has 1 unspecified atom stereocenters. The van der Waals surface area contributed by atoms with Gasteiger partial charge in [0.2, 0.25) is 5.91 Å². The van der Waals surface area contributed by atoms with Crippen LogP contribution in [-0.2, 0) is 4.79 Å². The monoisotopic (exact) mass is 172 g/mol. The average molecular weight is 172 g/mol. The van der Waals surface area contributed by atoms with Crippen LogP contribution in [0.15, 0.2) is 0 Å². The molecule has 0 aromatic heterocycles. The topological polar surface area (TPSA) is 61.4 Å². The average Bonchev–Trinajstić information content (AvgIpc) is 2.56. The van der Waals surface area contributed by atoms with E-state index in [1.54, 1.807) is 6.92 Å². The number of aliphatic hydroxyl groups excluding tert-OH is 1. The fourth-order valence-electron chi connectivity index (χ4n) is 1.30. The molecule has 0 aliphatic carbocycles. The fourth-order valence-corrected chi connectivity index (χ4v) is 1.30. The molecule has 4 heteroatoms. The lowest BCUT2D eigenvalue weighted by Crippen LogP contribution is -2.45. The van der Waals surface area contributed by atoms with E-state index in [2.05, 4.69) is 10.6 Å². The van der Waals surface area contributed by atoms with Gasteiger partial charge in [-0.05, 0) is 26.3 Å². The van der Waals surface area contributed by atoms with Crippen LogP contribution in [0.2, 0.25) is 0 Å². The normalized spacial score (nSPS) is 25.3. The SMILES string of the molecule is CC(CO)NC(=O)[C@H]1CCCN1. The van der Waals surface area contributed by atoms with E-state index in [0.717, 1.165) is 19.4 Å². The van der Waals surface area contributed by atoms with Gasteiger partial charge in [0.25, 0.3) is 0 Å². The van der Waals surface area contributed by atoms with Gasteiger partial charge in [-0.25, -0.2) is 0 Å². The van der Waals surface area contributed by atoms with Crippen LogP contribution in [0.4, 0.5) is 0 Å². The highest BCUT2D eigenvalue weighted by Gasteiger charge is 2.22. The van der Waals surface area contributed by atoms with Crippen molar-refractivity contribution >= 4 is 5.91 Å². The van der Waals surface area contributed by atoms with Crippen LogP contribution in [0.3, 0.4) is 0 Å². The summed E-state index contributed by atoms with van der Waals surface area (Å²) in [7, 11) is 0. The third kappa shape index (κ3) is 2.46. The van der Waals surface area contributed by atoms with E-state index in [0.29, 0.717) is 0 Å². The molecule has 0 spiro atoms. The molecule has 3 N–H and O–H groups in total. The van der Waals surface area contributed by atoms with Crippen molar-refractivity contribution in [1.29, 1.82) is 0 Å². The van der Waals surface area contributed by atoms with Crippen molar-refractivity contribution in [3.05, 3.63) is 0 Å². The number of hydrogen-bond acceptors (Lipinski definition) is 3. The van der Waals surface area contributed by atoms with E-state index < -0.39 is 0 Å². The predicted molar refractivity (Wildman–Crippen MR) is 45.7 cm³/mol. The quantitative estimate of drug-likeness (QED) is 0.524. The Labute approximate surface area is 72.3 Å². The number of rotatable bonds is 3. The molecule has 70 valence electrons. The van der Waals surface area contributed by atoms with Crippen LogP contribution in [0.5, 0.6) is 0 Å². The van der Waals surface area contributed by atoms with E-state index in [-0.39, 0.29) is 24.6 Å². The third-order valence-corrected chi connectivity index (χ3v) is 2.04. The molecule has 1 rings (SSSR count). The Bertz CT molecular complexity index is 155. The van der Waals surface area contributed by atoms with Crippen molar-refractivity contribution in [3.8, 4) is 0 Å². The molecule has 0 aromatic rings. The molecular formula is C8H16N2O2. The third-order valence-electron chi connectivity index (χ3n) is 2.04. The lowest BCUT2D eigenvalue weighted by molar-refractivity contribution is -0.123. The van der Waals surface area contributed by atoms with Crippen molar-refractivity contribution in [2.45, 2.75) is 31.8 Å². The zero-order chi connectivity index (χ0) is 8.97. The molecule has 12 heavy (non-hydrogen) atoms. The molecule has 1 heterocycles. The first-order valence-electron chi connectivity index (χ1n) is 4.38. The maximum Gasteiger partial charge on any atom is 0.237 e. The second-order valence-electron chi connectivity index (χ2n) is 3.24. The molecule has 1 aliphatic heterocycles. The fraction of sp³-hybridized carbons (Fsp3) is 0.875. The minimum absolute atomic E-state index is 0.00153. The summed E-state index contributed by atoms with van der Waals surface area (Å²) in [5, 5.41) is 14.5. The summed E-state index contributed by atoms with van der Waals surface area (Å²) in [4.78, 5) is 11.3. The van der Waals surface area contributed by atoms with Gasteiger partial charge in [0.05, 0.1) is 12.6 Å². The molecule has 0 saturated carbocycles. The second kappa shape index (κ2) is 4.42. The van der Waals surface area contributed by atoms with Crippen molar-refractivity contribution < 1.29 is 9.90 Å². The maximum atomic E-state index is 11.3. The van der Waals surface area contributed by atoms with Gasteiger partial charge >= 0.3 is 0 Å². The van der Waals surface area contributed by atoms with Crippen LogP contribution >= 0.6 is 0 Å². The highest BCUT2D eigenvalue weighted by molar-refractivity contribution is 5.82. The van der Waals surface area contributed by atoms with E-state index in [1.165, 1.54) is 0 Å². The summed E-state index contributed by atoms with van der Waals surface area (Å²) in [6, 6.07) is -0.182. The summed E-state index contributed by atoms with van der Waals surface area (Å²) in [6.07, 6.45) is 1.97. The molecule has 1 amide bonds. The Morgan fingerprint density at radius 1 is 1.83 bits per heavy atom. The summed E-state index contributed by atoms with van der Waals surface area (Å²) >= 11 is 0. The van der Waals surface area contributed by atoms with Crippen LogP contribution in [-0.4, -0.2) is 36.2 Å². The Balaban J connectivity index is 2.27. The van der Waals surface area contributed by atoms with Gasteiger partial charge in [-0.2, -0.15) is 0 Å². The van der Waals surface area contributed by atoms with Gasteiger partial charge in [-0.1, -0.05) is 0 Å². The van der Waals surface area contributed by atoms with E-state index >= 15 is 0 Å². The summed E-state index contributed by atoms with van der Waals surface area (Å²) in [5.41, 5.74) is 0. The van der Waals surface area contributed by atoms with E-state index in [4.69, 9.17) is 5.11 Å². The van der Waals surface area contributed by atoms with Gasteiger partial charge < -0.3 is 15.7 Å². The summed E-state index contributed by atoms with van der Waals surface area (Å²) in [5.74, 6) is 0.00838. The smallest absolute Gasteiger partial charge is 0.237 e. The predicted octanol–water partition coefficient (Wildman–Crippen LogP) is -0.765. The first kappa shape index (κ1) is 9.48. The molecule has 2 atom stereocenters. The first-order chi connectivity index (χ1) is 5.74. The molecule has 0 radical (unpaired) electrons. The molecule has 1 aliphatic rings. The lowest BCUT2D eigenvalue weighted by Gasteiger charge is -2.14. The number of hydrogen-bond donors (Lipinski definition) is 3. The molecule has 0 aromatic carbocycles. The highest BCUT2D eigenvalue weighted by Crippen LogP contribution is 2.04. The van der Waals surface area contributed by atoms with Gasteiger partial charge in [-0.3, -0.25) is 4.79 Å². The molecule has 4 nitrogen and oxygen atoms in total. The Kier molecular flexibility index (Phi) is 3.49. The molecule has 1 saturated heterocycles. The Morgan fingerprint density at radius 3 is 3.08 bits per heavy atom. The van der Waals surface area contributed by atoms with E-state index in [1.807, 2.05) is 0 Å². The van der Waals surface area contributed by atoms with Gasteiger partial charge in [0.15, 0.2) is 0 Å². The minimum Gasteiger partial charge on any atom is -0.394 e. The van der Waals surface area contributed by atoms with E-state index in [9.17, 15) is 4.79 Å². The second-order valence-corrected chi connectivity index (χ2v) is 3.24. The van der Waals surface area contributed by atoms with Gasteiger partial charge in [0.1, 0.15) is 0 Å². The summed E-state index contributed by atoms with van der Waals surface area (Å²) < 4.78 is 0. The first-order valence-corrected chi connectivity index (χ1v) is 4.38. The Hall–Kier alpha value is -0.610. The maximum absolute atomic E-state index is 11.3. The highest BCUT2D eigenvalue weighted by atomic mass is 16.3. The van der Waals surface area contributed by atoms with Gasteiger partial charge in [-0.15, -0.1) is 0 Å².